The fraction of sp³-hybridized carbons (Fsp3) is 0.462. The van der Waals surface area contributed by atoms with Crippen LogP contribution in [0.15, 0.2) is 18.2 Å². The fourth-order valence-corrected chi connectivity index (χ4v) is 2.97. The SMILES string of the molecule is O=C(c1cc(Cl)ccc1I)N1CCCC(CO)C1. The molecular formula is C13H15ClINO2. The summed E-state index contributed by atoms with van der Waals surface area (Å²) >= 11 is 8.09. The molecule has 18 heavy (non-hydrogen) atoms. The zero-order chi connectivity index (χ0) is 13.1. The average Bonchev–Trinajstić information content (AvgIpc) is 2.41. The summed E-state index contributed by atoms with van der Waals surface area (Å²) < 4.78 is 0.910. The Morgan fingerprint density at radius 1 is 1.56 bits per heavy atom. The monoisotopic (exact) mass is 379 g/mol. The maximum Gasteiger partial charge on any atom is 0.254 e. The quantitative estimate of drug-likeness (QED) is 0.803. The molecule has 1 saturated heterocycles. The van der Waals surface area contributed by atoms with Crippen molar-refractivity contribution in [2.24, 2.45) is 5.92 Å². The zero-order valence-corrected chi connectivity index (χ0v) is 12.8. The Morgan fingerprint density at radius 3 is 3.06 bits per heavy atom. The first kappa shape index (κ1) is 14.1. The number of piperidine rings is 1. The van der Waals surface area contributed by atoms with Gasteiger partial charge in [0.1, 0.15) is 0 Å². The lowest BCUT2D eigenvalue weighted by molar-refractivity contribution is 0.0619. The van der Waals surface area contributed by atoms with Crippen LogP contribution in [0.1, 0.15) is 23.2 Å². The van der Waals surface area contributed by atoms with Crippen molar-refractivity contribution in [2.75, 3.05) is 19.7 Å². The molecule has 0 bridgehead atoms. The van der Waals surface area contributed by atoms with Crippen molar-refractivity contribution in [3.05, 3.63) is 32.4 Å². The lowest BCUT2D eigenvalue weighted by atomic mass is 9.98. The molecule has 1 aromatic rings. The minimum absolute atomic E-state index is 0.0139. The Balaban J connectivity index is 2.17. The number of benzene rings is 1. The Hall–Kier alpha value is -0.330. The second kappa shape index (κ2) is 6.21. The number of hydrogen-bond donors (Lipinski definition) is 1. The third-order valence-corrected chi connectivity index (χ3v) is 4.40. The van der Waals surface area contributed by atoms with E-state index in [0.717, 1.165) is 23.0 Å². The summed E-state index contributed by atoms with van der Waals surface area (Å²) in [5, 5.41) is 9.78. The molecule has 1 fully saturated rings. The molecule has 1 aliphatic rings. The minimum Gasteiger partial charge on any atom is -0.396 e. The highest BCUT2D eigenvalue weighted by molar-refractivity contribution is 14.1. The van der Waals surface area contributed by atoms with Gasteiger partial charge < -0.3 is 10.0 Å². The first-order valence-electron chi connectivity index (χ1n) is 5.97. The van der Waals surface area contributed by atoms with Gasteiger partial charge in [-0.05, 0) is 59.5 Å². The van der Waals surface area contributed by atoms with E-state index in [1.165, 1.54) is 0 Å². The van der Waals surface area contributed by atoms with Crippen LogP contribution in [-0.2, 0) is 0 Å². The van der Waals surface area contributed by atoms with Gasteiger partial charge in [-0.3, -0.25) is 4.79 Å². The molecule has 1 aromatic carbocycles. The van der Waals surface area contributed by atoms with E-state index in [-0.39, 0.29) is 18.4 Å². The summed E-state index contributed by atoms with van der Waals surface area (Å²) in [5.74, 6) is 0.222. The number of aliphatic hydroxyl groups is 1. The summed E-state index contributed by atoms with van der Waals surface area (Å²) in [6.45, 7) is 1.55. The van der Waals surface area contributed by atoms with Crippen LogP contribution in [0.25, 0.3) is 0 Å². The summed E-state index contributed by atoms with van der Waals surface area (Å²) in [7, 11) is 0. The first-order valence-corrected chi connectivity index (χ1v) is 7.42. The number of carbonyl (C=O) groups excluding carboxylic acids is 1. The lowest BCUT2D eigenvalue weighted by Crippen LogP contribution is -2.41. The van der Waals surface area contributed by atoms with Gasteiger partial charge in [-0.2, -0.15) is 0 Å². The van der Waals surface area contributed by atoms with E-state index in [9.17, 15) is 9.90 Å². The van der Waals surface area contributed by atoms with Gasteiger partial charge in [0.05, 0.1) is 5.56 Å². The third-order valence-electron chi connectivity index (χ3n) is 3.22. The van der Waals surface area contributed by atoms with E-state index in [2.05, 4.69) is 22.6 Å². The van der Waals surface area contributed by atoms with Crippen LogP contribution in [0, 0.1) is 9.49 Å². The zero-order valence-electron chi connectivity index (χ0n) is 9.90. The first-order chi connectivity index (χ1) is 8.61. The van der Waals surface area contributed by atoms with Gasteiger partial charge in [-0.15, -0.1) is 0 Å². The molecule has 98 valence electrons. The van der Waals surface area contributed by atoms with Gasteiger partial charge in [-0.25, -0.2) is 0 Å². The van der Waals surface area contributed by atoms with Gasteiger partial charge in [0.15, 0.2) is 0 Å². The molecular weight excluding hydrogens is 365 g/mol. The van der Waals surface area contributed by atoms with Crippen LogP contribution in [0.5, 0.6) is 0 Å². The number of halogens is 2. The molecule has 1 amide bonds. The molecule has 0 radical (unpaired) electrons. The number of nitrogens with zero attached hydrogens (tertiary/aromatic N) is 1. The second-order valence-electron chi connectivity index (χ2n) is 4.57. The van der Waals surface area contributed by atoms with E-state index >= 15 is 0 Å². The summed E-state index contributed by atoms with van der Waals surface area (Å²) in [6.07, 6.45) is 1.95. The van der Waals surface area contributed by atoms with Crippen LogP contribution in [0.3, 0.4) is 0 Å². The molecule has 5 heteroatoms. The third kappa shape index (κ3) is 3.16. The van der Waals surface area contributed by atoms with Crippen molar-refractivity contribution in [1.29, 1.82) is 0 Å². The van der Waals surface area contributed by atoms with Gasteiger partial charge in [-0.1, -0.05) is 11.6 Å². The van der Waals surface area contributed by atoms with E-state index in [0.29, 0.717) is 17.1 Å². The topological polar surface area (TPSA) is 40.5 Å². The molecule has 1 heterocycles. The lowest BCUT2D eigenvalue weighted by Gasteiger charge is -2.32. The van der Waals surface area contributed by atoms with Crippen LogP contribution in [0.4, 0.5) is 0 Å². The van der Waals surface area contributed by atoms with E-state index < -0.39 is 0 Å². The smallest absolute Gasteiger partial charge is 0.254 e. The molecule has 0 aliphatic carbocycles. The number of likely N-dealkylation sites (tertiary alicyclic amines) is 1. The highest BCUT2D eigenvalue weighted by atomic mass is 127. The molecule has 2 rings (SSSR count). The van der Waals surface area contributed by atoms with Gasteiger partial charge in [0.25, 0.3) is 5.91 Å². The van der Waals surface area contributed by atoms with Crippen LogP contribution in [0.2, 0.25) is 5.02 Å². The van der Waals surface area contributed by atoms with E-state index in [1.54, 1.807) is 12.1 Å². The van der Waals surface area contributed by atoms with Crippen molar-refractivity contribution in [3.8, 4) is 0 Å². The molecule has 1 unspecified atom stereocenters. The molecule has 0 saturated carbocycles. The summed E-state index contributed by atoms with van der Waals surface area (Å²) in [5.41, 5.74) is 0.654. The van der Waals surface area contributed by atoms with Crippen molar-refractivity contribution in [1.82, 2.24) is 4.90 Å². The molecule has 1 atom stereocenters. The van der Waals surface area contributed by atoms with E-state index in [1.807, 2.05) is 11.0 Å². The maximum atomic E-state index is 12.4. The summed E-state index contributed by atoms with van der Waals surface area (Å²) in [6, 6.07) is 5.35. The van der Waals surface area contributed by atoms with Gasteiger partial charge >= 0.3 is 0 Å². The highest BCUT2D eigenvalue weighted by Crippen LogP contribution is 2.23. The largest absolute Gasteiger partial charge is 0.396 e. The van der Waals surface area contributed by atoms with Crippen LogP contribution in [-0.4, -0.2) is 35.6 Å². The minimum atomic E-state index is 0.0139. The number of hydrogen-bond acceptors (Lipinski definition) is 2. The van der Waals surface area contributed by atoms with Crippen molar-refractivity contribution >= 4 is 40.1 Å². The van der Waals surface area contributed by atoms with Crippen LogP contribution < -0.4 is 0 Å². The fourth-order valence-electron chi connectivity index (χ4n) is 2.23. The molecule has 3 nitrogen and oxygen atoms in total. The Labute approximate surface area is 125 Å². The molecule has 1 N–H and O–H groups in total. The van der Waals surface area contributed by atoms with Crippen LogP contribution >= 0.6 is 34.2 Å². The number of aliphatic hydroxyl groups excluding tert-OH is 1. The second-order valence-corrected chi connectivity index (χ2v) is 6.16. The molecule has 1 aliphatic heterocycles. The Morgan fingerprint density at radius 2 is 2.33 bits per heavy atom. The normalized spacial score (nSPS) is 19.9. The van der Waals surface area contributed by atoms with Gasteiger partial charge in [0, 0.05) is 28.3 Å². The number of carbonyl (C=O) groups is 1. The maximum absolute atomic E-state index is 12.4. The predicted molar refractivity (Wildman–Crippen MR) is 79.9 cm³/mol. The molecule has 0 aromatic heterocycles. The number of amides is 1. The molecule has 0 spiro atoms. The Kier molecular flexibility index (Phi) is 4.86. The van der Waals surface area contributed by atoms with Crippen molar-refractivity contribution in [3.63, 3.8) is 0 Å². The number of rotatable bonds is 2. The van der Waals surface area contributed by atoms with Crippen molar-refractivity contribution in [2.45, 2.75) is 12.8 Å². The van der Waals surface area contributed by atoms with Crippen molar-refractivity contribution < 1.29 is 9.90 Å². The average molecular weight is 380 g/mol. The highest BCUT2D eigenvalue weighted by Gasteiger charge is 2.25. The summed E-state index contributed by atoms with van der Waals surface area (Å²) in [4.78, 5) is 14.2. The Bertz CT molecular complexity index is 453. The van der Waals surface area contributed by atoms with Gasteiger partial charge in [0.2, 0.25) is 0 Å². The van der Waals surface area contributed by atoms with E-state index in [4.69, 9.17) is 11.6 Å². The predicted octanol–water partition coefficient (Wildman–Crippen LogP) is 2.79. The standard InChI is InChI=1S/C13H15ClINO2/c14-10-3-4-12(15)11(6-10)13(18)16-5-1-2-9(7-16)8-17/h3-4,6,9,17H,1-2,5,7-8H2.